The summed E-state index contributed by atoms with van der Waals surface area (Å²) in [5.41, 5.74) is 1.06. The second-order valence-electron chi connectivity index (χ2n) is 4.52. The number of fused-ring (bicyclic) bond motifs is 1. The number of benzene rings is 1. The van der Waals surface area contributed by atoms with Crippen LogP contribution in [0.15, 0.2) is 30.5 Å². The number of rotatable bonds is 5. The van der Waals surface area contributed by atoms with Gasteiger partial charge in [0, 0.05) is 24.0 Å². The van der Waals surface area contributed by atoms with Crippen molar-refractivity contribution in [1.29, 1.82) is 5.26 Å². The Labute approximate surface area is 112 Å². The lowest BCUT2D eigenvalue weighted by Gasteiger charge is -2.16. The molecule has 0 saturated carbocycles. The van der Waals surface area contributed by atoms with Gasteiger partial charge >= 0.3 is 0 Å². The summed E-state index contributed by atoms with van der Waals surface area (Å²) in [4.78, 5) is 4.04. The molecule has 0 spiro atoms. The van der Waals surface area contributed by atoms with Crippen molar-refractivity contribution in [2.24, 2.45) is 0 Å². The van der Waals surface area contributed by atoms with Crippen LogP contribution in [0.5, 0.6) is 5.88 Å². The maximum Gasteiger partial charge on any atom is 0.218 e. The maximum absolute atomic E-state index is 9.76. The lowest BCUT2D eigenvalue weighted by atomic mass is 10.0. The van der Waals surface area contributed by atoms with E-state index in [0.717, 1.165) is 29.3 Å². The van der Waals surface area contributed by atoms with Crippen LogP contribution in [0, 0.1) is 11.3 Å². The minimum Gasteiger partial charge on any atom is -0.493 e. The fraction of sp³-hybridized carbons (Fsp3) is 0.333. The average Bonchev–Trinajstić information content (AvgIpc) is 2.44. The van der Waals surface area contributed by atoms with Gasteiger partial charge in [-0.1, -0.05) is 18.2 Å². The van der Waals surface area contributed by atoms with E-state index in [9.17, 15) is 5.11 Å². The average molecular weight is 255 g/mol. The van der Waals surface area contributed by atoms with Crippen molar-refractivity contribution >= 4 is 10.8 Å². The molecule has 1 heterocycles. The second-order valence-corrected chi connectivity index (χ2v) is 4.52. The maximum atomic E-state index is 9.76. The molecular weight excluding hydrogens is 238 g/mol. The molecule has 98 valence electrons. The van der Waals surface area contributed by atoms with Crippen LogP contribution >= 0.6 is 0 Å². The van der Waals surface area contributed by atoms with Crippen LogP contribution in [-0.4, -0.2) is 16.6 Å². The number of hydrogen-bond donors (Lipinski definition) is 2. The van der Waals surface area contributed by atoms with Gasteiger partial charge in [0.1, 0.15) is 0 Å². The highest BCUT2D eigenvalue weighted by Gasteiger charge is 2.11. The SMILES string of the molecule is CC(NCCCC#N)c1cnc(O)c2ccccc12. The summed E-state index contributed by atoms with van der Waals surface area (Å²) in [7, 11) is 0. The van der Waals surface area contributed by atoms with Crippen LogP contribution in [0.25, 0.3) is 10.8 Å². The van der Waals surface area contributed by atoms with Crippen molar-refractivity contribution in [3.8, 4) is 11.9 Å². The Morgan fingerprint density at radius 3 is 2.84 bits per heavy atom. The molecule has 0 fully saturated rings. The Bertz CT molecular complexity index is 604. The zero-order valence-electron chi connectivity index (χ0n) is 10.9. The third-order valence-corrected chi connectivity index (χ3v) is 3.19. The highest BCUT2D eigenvalue weighted by Crippen LogP contribution is 2.28. The second kappa shape index (κ2) is 6.17. The van der Waals surface area contributed by atoms with Crippen molar-refractivity contribution in [1.82, 2.24) is 10.3 Å². The monoisotopic (exact) mass is 255 g/mol. The molecule has 2 aromatic rings. The van der Waals surface area contributed by atoms with Gasteiger partial charge in [-0.25, -0.2) is 4.98 Å². The van der Waals surface area contributed by atoms with E-state index >= 15 is 0 Å². The van der Waals surface area contributed by atoms with Crippen molar-refractivity contribution in [2.45, 2.75) is 25.8 Å². The molecule has 2 rings (SSSR count). The normalized spacial score (nSPS) is 12.2. The highest BCUT2D eigenvalue weighted by molar-refractivity contribution is 5.89. The number of nitrogens with one attached hydrogen (secondary N) is 1. The first-order valence-corrected chi connectivity index (χ1v) is 6.41. The molecule has 0 saturated heterocycles. The zero-order valence-corrected chi connectivity index (χ0v) is 10.9. The van der Waals surface area contributed by atoms with Gasteiger partial charge in [-0.05, 0) is 36.9 Å². The number of pyridine rings is 1. The third-order valence-electron chi connectivity index (χ3n) is 3.19. The summed E-state index contributed by atoms with van der Waals surface area (Å²) >= 11 is 0. The Hall–Kier alpha value is -2.12. The van der Waals surface area contributed by atoms with Gasteiger partial charge < -0.3 is 10.4 Å². The summed E-state index contributed by atoms with van der Waals surface area (Å²) in [6, 6.07) is 9.96. The van der Waals surface area contributed by atoms with Crippen molar-refractivity contribution in [3.05, 3.63) is 36.0 Å². The molecular formula is C15H17N3O. The van der Waals surface area contributed by atoms with Gasteiger partial charge in [0.25, 0.3) is 0 Å². The van der Waals surface area contributed by atoms with Crippen LogP contribution in [-0.2, 0) is 0 Å². The van der Waals surface area contributed by atoms with Crippen LogP contribution < -0.4 is 5.32 Å². The Balaban J connectivity index is 2.20. The van der Waals surface area contributed by atoms with E-state index in [2.05, 4.69) is 23.3 Å². The van der Waals surface area contributed by atoms with Gasteiger partial charge in [-0.15, -0.1) is 0 Å². The first kappa shape index (κ1) is 13.3. The van der Waals surface area contributed by atoms with Crippen LogP contribution in [0.3, 0.4) is 0 Å². The predicted molar refractivity (Wildman–Crippen MR) is 74.7 cm³/mol. The molecule has 1 aromatic carbocycles. The zero-order chi connectivity index (χ0) is 13.7. The van der Waals surface area contributed by atoms with Gasteiger partial charge in [-0.2, -0.15) is 5.26 Å². The summed E-state index contributed by atoms with van der Waals surface area (Å²) in [6.07, 6.45) is 3.11. The van der Waals surface area contributed by atoms with E-state index in [1.54, 1.807) is 6.20 Å². The molecule has 4 heteroatoms. The lowest BCUT2D eigenvalue weighted by molar-refractivity contribution is 0.459. The largest absolute Gasteiger partial charge is 0.493 e. The van der Waals surface area contributed by atoms with Crippen molar-refractivity contribution in [3.63, 3.8) is 0 Å². The number of aromatic nitrogens is 1. The molecule has 19 heavy (non-hydrogen) atoms. The van der Waals surface area contributed by atoms with E-state index in [1.165, 1.54) is 0 Å². The number of nitrogens with zero attached hydrogens (tertiary/aromatic N) is 2. The molecule has 1 unspecified atom stereocenters. The minimum absolute atomic E-state index is 0.0658. The molecule has 0 amide bonds. The Kier molecular flexibility index (Phi) is 4.32. The summed E-state index contributed by atoms with van der Waals surface area (Å²) in [6.45, 7) is 2.86. The van der Waals surface area contributed by atoms with Crippen LogP contribution in [0.2, 0.25) is 0 Å². The van der Waals surface area contributed by atoms with Crippen molar-refractivity contribution < 1.29 is 5.11 Å². The van der Waals surface area contributed by atoms with E-state index in [0.29, 0.717) is 6.42 Å². The molecule has 0 radical (unpaired) electrons. The van der Waals surface area contributed by atoms with Gasteiger partial charge in [0.05, 0.1) is 6.07 Å². The molecule has 0 aliphatic rings. The number of aromatic hydroxyl groups is 1. The Morgan fingerprint density at radius 1 is 1.37 bits per heavy atom. The lowest BCUT2D eigenvalue weighted by Crippen LogP contribution is -2.20. The molecule has 0 bridgehead atoms. The highest BCUT2D eigenvalue weighted by atomic mass is 16.3. The fourth-order valence-corrected chi connectivity index (χ4v) is 2.14. The molecule has 0 aliphatic carbocycles. The molecule has 0 aliphatic heterocycles. The van der Waals surface area contributed by atoms with E-state index in [-0.39, 0.29) is 11.9 Å². The topological polar surface area (TPSA) is 68.9 Å². The summed E-state index contributed by atoms with van der Waals surface area (Å²) < 4.78 is 0. The van der Waals surface area contributed by atoms with Gasteiger partial charge in [-0.3, -0.25) is 0 Å². The van der Waals surface area contributed by atoms with Crippen molar-refractivity contribution in [2.75, 3.05) is 6.54 Å². The fourth-order valence-electron chi connectivity index (χ4n) is 2.14. The number of unbranched alkanes of at least 4 members (excludes halogenated alkanes) is 1. The van der Waals surface area contributed by atoms with E-state index in [1.807, 2.05) is 24.3 Å². The smallest absolute Gasteiger partial charge is 0.218 e. The van der Waals surface area contributed by atoms with Gasteiger partial charge in [0.15, 0.2) is 0 Å². The van der Waals surface area contributed by atoms with Crippen LogP contribution in [0.4, 0.5) is 0 Å². The van der Waals surface area contributed by atoms with Crippen LogP contribution in [0.1, 0.15) is 31.4 Å². The third kappa shape index (κ3) is 3.01. The molecule has 4 nitrogen and oxygen atoms in total. The Morgan fingerprint density at radius 2 is 2.11 bits per heavy atom. The van der Waals surface area contributed by atoms with E-state index in [4.69, 9.17) is 5.26 Å². The molecule has 2 N–H and O–H groups in total. The summed E-state index contributed by atoms with van der Waals surface area (Å²) in [5.74, 6) is 0.0658. The minimum atomic E-state index is 0.0658. The first-order chi connectivity index (χ1) is 9.24. The standard InChI is InChI=1S/C15H17N3O/c1-11(17-9-5-4-8-16)14-10-18-15(19)13-7-3-2-6-12(13)14/h2-3,6-7,10-11,17H,4-5,9H2,1H3,(H,18,19). The quantitative estimate of drug-likeness (QED) is 0.806. The molecule has 1 aromatic heterocycles. The first-order valence-electron chi connectivity index (χ1n) is 6.41. The van der Waals surface area contributed by atoms with Gasteiger partial charge in [0.2, 0.25) is 5.88 Å². The summed E-state index contributed by atoms with van der Waals surface area (Å²) in [5, 5.41) is 23.4. The van der Waals surface area contributed by atoms with E-state index < -0.39 is 0 Å². The number of hydrogen-bond acceptors (Lipinski definition) is 4. The predicted octanol–water partition coefficient (Wildman–Crippen LogP) is 2.89. The number of nitriles is 1. The molecule has 1 atom stereocenters.